The van der Waals surface area contributed by atoms with Crippen LogP contribution in [0.1, 0.15) is 166 Å². The lowest BCUT2D eigenvalue weighted by Gasteiger charge is -2.17. The van der Waals surface area contributed by atoms with Gasteiger partial charge in [0.1, 0.15) is 5.75 Å². The lowest BCUT2D eigenvalue weighted by molar-refractivity contribution is 0.463. The van der Waals surface area contributed by atoms with Crippen molar-refractivity contribution in [1.82, 2.24) is 0 Å². The third-order valence-electron chi connectivity index (χ3n) is 7.36. The van der Waals surface area contributed by atoms with Gasteiger partial charge in [0.15, 0.2) is 0 Å². The molecule has 0 aliphatic heterocycles. The number of hydrogen-bond donors (Lipinski definition) is 1. The normalized spacial score (nSPS) is 11.4. The largest absolute Gasteiger partial charge is 0.508 e. The zero-order valence-electron chi connectivity index (χ0n) is 22.9. The smallest absolute Gasteiger partial charge is 0.119 e. The summed E-state index contributed by atoms with van der Waals surface area (Å²) in [5.74, 6) is 0.556. The van der Waals surface area contributed by atoms with Crippen molar-refractivity contribution >= 4 is 0 Å². The van der Waals surface area contributed by atoms with Crippen LogP contribution in [0.25, 0.3) is 0 Å². The van der Waals surface area contributed by atoms with E-state index >= 15 is 0 Å². The molecule has 1 aromatic carbocycles. The van der Waals surface area contributed by atoms with E-state index in [9.17, 15) is 5.11 Å². The molecule has 0 aromatic heterocycles. The molecule has 192 valence electrons. The lowest BCUT2D eigenvalue weighted by Crippen LogP contribution is -2.02. The SMILES string of the molecule is CCCCCCCCCCCCc1c(O)ccc(CCCC)c1CCCCCCCCCC. The Hall–Kier alpha value is -0.980. The molecule has 0 amide bonds. The Kier molecular flexibility index (Phi) is 19.6. The quantitative estimate of drug-likeness (QED) is 0.162. The third kappa shape index (κ3) is 14.8. The van der Waals surface area contributed by atoms with Crippen LogP contribution in [0, 0.1) is 0 Å². The number of aryl methyl sites for hydroxylation is 1. The Morgan fingerprint density at radius 1 is 0.424 bits per heavy atom. The Labute approximate surface area is 208 Å². The molecule has 33 heavy (non-hydrogen) atoms. The van der Waals surface area contributed by atoms with Gasteiger partial charge >= 0.3 is 0 Å². The average molecular weight is 459 g/mol. The maximum atomic E-state index is 10.7. The molecule has 0 saturated carbocycles. The van der Waals surface area contributed by atoms with E-state index in [-0.39, 0.29) is 0 Å². The monoisotopic (exact) mass is 458 g/mol. The van der Waals surface area contributed by atoms with Gasteiger partial charge in [-0.15, -0.1) is 0 Å². The Bertz CT molecular complexity index is 562. The van der Waals surface area contributed by atoms with Crippen LogP contribution in [0.3, 0.4) is 0 Å². The molecule has 0 saturated heterocycles. The van der Waals surface area contributed by atoms with E-state index in [1.165, 1.54) is 152 Å². The maximum Gasteiger partial charge on any atom is 0.119 e. The molecular weight excluding hydrogens is 400 g/mol. The van der Waals surface area contributed by atoms with Crippen LogP contribution in [0.15, 0.2) is 12.1 Å². The molecule has 0 unspecified atom stereocenters. The van der Waals surface area contributed by atoms with Crippen molar-refractivity contribution in [3.63, 3.8) is 0 Å². The van der Waals surface area contributed by atoms with Crippen LogP contribution in [0.5, 0.6) is 5.75 Å². The predicted octanol–water partition coefficient (Wildman–Crippen LogP) is 10.9. The molecule has 0 atom stereocenters. The lowest BCUT2D eigenvalue weighted by atomic mass is 9.89. The molecule has 1 N–H and O–H groups in total. The summed E-state index contributed by atoms with van der Waals surface area (Å²) in [6, 6.07) is 4.20. The van der Waals surface area contributed by atoms with Crippen molar-refractivity contribution in [3.05, 3.63) is 28.8 Å². The first kappa shape index (κ1) is 30.1. The van der Waals surface area contributed by atoms with Crippen LogP contribution in [-0.4, -0.2) is 5.11 Å². The molecule has 0 spiro atoms. The van der Waals surface area contributed by atoms with E-state index in [0.717, 1.165) is 12.8 Å². The second-order valence-corrected chi connectivity index (χ2v) is 10.5. The molecule has 0 bridgehead atoms. The van der Waals surface area contributed by atoms with Crippen molar-refractivity contribution < 1.29 is 5.11 Å². The summed E-state index contributed by atoms with van der Waals surface area (Å²) in [5, 5.41) is 10.7. The number of phenolic OH excluding ortho intramolecular Hbond substituents is 1. The molecule has 0 fully saturated rings. The molecule has 0 aliphatic rings. The van der Waals surface area contributed by atoms with Gasteiger partial charge in [-0.25, -0.2) is 0 Å². The average Bonchev–Trinajstić information content (AvgIpc) is 2.82. The van der Waals surface area contributed by atoms with Gasteiger partial charge in [-0.3, -0.25) is 0 Å². The van der Waals surface area contributed by atoms with E-state index in [0.29, 0.717) is 5.75 Å². The number of hydrogen-bond acceptors (Lipinski definition) is 1. The van der Waals surface area contributed by atoms with Crippen LogP contribution >= 0.6 is 0 Å². The van der Waals surface area contributed by atoms with Crippen molar-refractivity contribution in [2.45, 2.75) is 168 Å². The Morgan fingerprint density at radius 2 is 0.818 bits per heavy atom. The van der Waals surface area contributed by atoms with Gasteiger partial charge in [0.2, 0.25) is 0 Å². The van der Waals surface area contributed by atoms with Crippen molar-refractivity contribution in [2.75, 3.05) is 0 Å². The van der Waals surface area contributed by atoms with Gasteiger partial charge < -0.3 is 5.11 Å². The van der Waals surface area contributed by atoms with Crippen LogP contribution in [0.4, 0.5) is 0 Å². The summed E-state index contributed by atoms with van der Waals surface area (Å²) in [6.45, 7) is 6.86. The Morgan fingerprint density at radius 3 is 1.27 bits per heavy atom. The summed E-state index contributed by atoms with van der Waals surface area (Å²) < 4.78 is 0. The number of aromatic hydroxyl groups is 1. The summed E-state index contributed by atoms with van der Waals surface area (Å²) in [6.07, 6.45) is 30.5. The second-order valence-electron chi connectivity index (χ2n) is 10.5. The number of benzene rings is 1. The molecule has 0 heterocycles. The van der Waals surface area contributed by atoms with E-state index in [2.05, 4.69) is 26.8 Å². The topological polar surface area (TPSA) is 20.2 Å². The predicted molar refractivity (Wildman–Crippen MR) is 149 cm³/mol. The van der Waals surface area contributed by atoms with Crippen LogP contribution < -0.4 is 0 Å². The molecule has 1 heteroatoms. The summed E-state index contributed by atoms with van der Waals surface area (Å²) in [7, 11) is 0. The van der Waals surface area contributed by atoms with Gasteiger partial charge in [0.25, 0.3) is 0 Å². The second kappa shape index (κ2) is 21.5. The fraction of sp³-hybridized carbons (Fsp3) is 0.812. The van der Waals surface area contributed by atoms with Gasteiger partial charge in [-0.05, 0) is 61.3 Å². The minimum atomic E-state index is 0.556. The summed E-state index contributed by atoms with van der Waals surface area (Å²) in [4.78, 5) is 0. The van der Waals surface area contributed by atoms with E-state index < -0.39 is 0 Å². The number of phenols is 1. The van der Waals surface area contributed by atoms with E-state index in [4.69, 9.17) is 0 Å². The van der Waals surface area contributed by atoms with Crippen molar-refractivity contribution in [1.29, 1.82) is 0 Å². The van der Waals surface area contributed by atoms with Gasteiger partial charge in [0.05, 0.1) is 0 Å². The first-order valence-electron chi connectivity index (χ1n) is 15.1. The molecule has 1 nitrogen and oxygen atoms in total. The highest BCUT2D eigenvalue weighted by Crippen LogP contribution is 2.30. The highest BCUT2D eigenvalue weighted by Gasteiger charge is 2.13. The van der Waals surface area contributed by atoms with Gasteiger partial charge in [0, 0.05) is 0 Å². The Balaban J connectivity index is 2.45. The summed E-state index contributed by atoms with van der Waals surface area (Å²) in [5.41, 5.74) is 4.30. The molecule has 0 aliphatic carbocycles. The van der Waals surface area contributed by atoms with Gasteiger partial charge in [-0.1, -0.05) is 136 Å². The summed E-state index contributed by atoms with van der Waals surface area (Å²) >= 11 is 0. The first-order valence-corrected chi connectivity index (χ1v) is 15.1. The van der Waals surface area contributed by atoms with Crippen molar-refractivity contribution in [3.8, 4) is 5.75 Å². The van der Waals surface area contributed by atoms with E-state index in [1.807, 2.05) is 6.07 Å². The number of rotatable bonds is 23. The fourth-order valence-corrected chi connectivity index (χ4v) is 5.15. The van der Waals surface area contributed by atoms with Crippen LogP contribution in [-0.2, 0) is 19.3 Å². The fourth-order valence-electron chi connectivity index (χ4n) is 5.15. The molecular formula is C32H58O. The zero-order chi connectivity index (χ0) is 24.0. The first-order chi connectivity index (χ1) is 16.2. The minimum absolute atomic E-state index is 0.556. The number of unbranched alkanes of at least 4 members (excludes halogenated alkanes) is 17. The highest BCUT2D eigenvalue weighted by atomic mass is 16.3. The minimum Gasteiger partial charge on any atom is -0.508 e. The molecule has 1 rings (SSSR count). The maximum absolute atomic E-state index is 10.7. The van der Waals surface area contributed by atoms with E-state index in [1.54, 1.807) is 0 Å². The standard InChI is InChI=1S/C32H58O/c1-4-7-10-12-14-16-17-19-21-23-26-31-30(25-22-20-18-15-13-11-8-5-2)29(24-9-6-3)27-28-32(31)33/h27-28,33H,4-26H2,1-3H3. The van der Waals surface area contributed by atoms with Gasteiger partial charge in [-0.2, -0.15) is 0 Å². The van der Waals surface area contributed by atoms with Crippen molar-refractivity contribution in [2.24, 2.45) is 0 Å². The molecule has 1 aromatic rings. The molecule has 0 radical (unpaired) electrons. The third-order valence-corrected chi connectivity index (χ3v) is 7.36. The zero-order valence-corrected chi connectivity index (χ0v) is 22.9. The van der Waals surface area contributed by atoms with Crippen LogP contribution in [0.2, 0.25) is 0 Å². The highest BCUT2D eigenvalue weighted by molar-refractivity contribution is 5.45.